The van der Waals surface area contributed by atoms with Crippen molar-refractivity contribution in [2.24, 2.45) is 5.92 Å². The Morgan fingerprint density at radius 2 is 2.10 bits per heavy atom. The summed E-state index contributed by atoms with van der Waals surface area (Å²) < 4.78 is 0. The number of carbonyl (C=O) groups is 2. The van der Waals surface area contributed by atoms with Crippen LogP contribution < -0.4 is 5.32 Å². The van der Waals surface area contributed by atoms with Gasteiger partial charge in [0.1, 0.15) is 0 Å². The predicted octanol–water partition coefficient (Wildman–Crippen LogP) is 3.19. The molecule has 1 saturated carbocycles. The van der Waals surface area contributed by atoms with Crippen LogP contribution in [0.3, 0.4) is 0 Å². The van der Waals surface area contributed by atoms with Gasteiger partial charge in [0.15, 0.2) is 0 Å². The molecule has 0 aliphatic heterocycles. The van der Waals surface area contributed by atoms with Gasteiger partial charge >= 0.3 is 5.97 Å². The molecule has 0 radical (unpaired) electrons. The van der Waals surface area contributed by atoms with Crippen LogP contribution in [-0.2, 0) is 9.59 Å². The van der Waals surface area contributed by atoms with Gasteiger partial charge in [-0.25, -0.2) is 0 Å². The zero-order chi connectivity index (χ0) is 15.2. The van der Waals surface area contributed by atoms with Gasteiger partial charge in [-0.05, 0) is 31.4 Å². The van der Waals surface area contributed by atoms with Gasteiger partial charge in [-0.2, -0.15) is 0 Å². The monoisotopic (exact) mass is 327 g/mol. The second kappa shape index (κ2) is 7.71. The lowest BCUT2D eigenvalue weighted by Crippen LogP contribution is -2.40. The first-order valence-corrected chi connectivity index (χ1v) is 8.32. The smallest absolute Gasteiger partial charge is 0.306 e. The summed E-state index contributed by atoms with van der Waals surface area (Å²) in [5.74, 6) is -0.881. The minimum Gasteiger partial charge on any atom is -0.481 e. The van der Waals surface area contributed by atoms with Crippen molar-refractivity contribution in [2.45, 2.75) is 36.6 Å². The van der Waals surface area contributed by atoms with Gasteiger partial charge in [0.2, 0.25) is 5.91 Å². The lowest BCUT2D eigenvalue weighted by Gasteiger charge is -2.27. The van der Waals surface area contributed by atoms with Crippen LogP contribution in [0.4, 0.5) is 0 Å². The Kier molecular flexibility index (Phi) is 5.94. The lowest BCUT2D eigenvalue weighted by atomic mass is 9.86. The van der Waals surface area contributed by atoms with Crippen molar-refractivity contribution in [2.75, 3.05) is 5.75 Å². The molecule has 0 bridgehead atoms. The van der Waals surface area contributed by atoms with E-state index in [1.807, 2.05) is 18.2 Å². The topological polar surface area (TPSA) is 66.4 Å². The van der Waals surface area contributed by atoms with Crippen LogP contribution in [0.25, 0.3) is 0 Å². The van der Waals surface area contributed by atoms with Crippen LogP contribution in [0.5, 0.6) is 0 Å². The third kappa shape index (κ3) is 4.93. The van der Waals surface area contributed by atoms with E-state index in [9.17, 15) is 9.59 Å². The van der Waals surface area contributed by atoms with Crippen LogP contribution in [0.15, 0.2) is 29.2 Å². The van der Waals surface area contributed by atoms with Crippen molar-refractivity contribution >= 4 is 35.2 Å². The summed E-state index contributed by atoms with van der Waals surface area (Å²) in [4.78, 5) is 23.8. The second-order valence-electron chi connectivity index (χ2n) is 5.19. The van der Waals surface area contributed by atoms with Crippen molar-refractivity contribution < 1.29 is 14.7 Å². The summed E-state index contributed by atoms with van der Waals surface area (Å²) in [6, 6.07) is 7.37. The van der Waals surface area contributed by atoms with Gasteiger partial charge < -0.3 is 10.4 Å². The number of carbonyl (C=O) groups excluding carboxylic acids is 1. The summed E-state index contributed by atoms with van der Waals surface area (Å²) in [6.45, 7) is 0. The maximum Gasteiger partial charge on any atom is 0.306 e. The fourth-order valence-electron chi connectivity index (χ4n) is 2.52. The summed E-state index contributed by atoms with van der Waals surface area (Å²) in [5.41, 5.74) is 0. The first-order valence-electron chi connectivity index (χ1n) is 6.95. The van der Waals surface area contributed by atoms with E-state index < -0.39 is 5.97 Å². The van der Waals surface area contributed by atoms with Crippen LogP contribution in [0, 0.1) is 5.92 Å². The fourth-order valence-corrected chi connectivity index (χ4v) is 3.57. The number of benzene rings is 1. The zero-order valence-electron chi connectivity index (χ0n) is 11.5. The van der Waals surface area contributed by atoms with Crippen LogP contribution in [-0.4, -0.2) is 28.8 Å². The number of hydrogen-bond donors (Lipinski definition) is 2. The van der Waals surface area contributed by atoms with E-state index >= 15 is 0 Å². The molecule has 2 rings (SSSR count). The average Bonchev–Trinajstić information content (AvgIpc) is 2.46. The normalized spacial score (nSPS) is 21.8. The van der Waals surface area contributed by atoms with Crippen molar-refractivity contribution in [1.82, 2.24) is 5.32 Å². The van der Waals surface area contributed by atoms with E-state index in [2.05, 4.69) is 5.32 Å². The van der Waals surface area contributed by atoms with Gasteiger partial charge in [0.25, 0.3) is 0 Å². The Hall–Kier alpha value is -1.20. The first-order chi connectivity index (χ1) is 10.1. The van der Waals surface area contributed by atoms with Crippen molar-refractivity contribution in [3.8, 4) is 0 Å². The highest BCUT2D eigenvalue weighted by atomic mass is 35.5. The quantitative estimate of drug-likeness (QED) is 0.815. The summed E-state index contributed by atoms with van der Waals surface area (Å²) in [6.07, 6.45) is 2.93. The molecule has 0 heterocycles. The van der Waals surface area contributed by atoms with E-state index in [1.54, 1.807) is 6.07 Å². The molecule has 1 fully saturated rings. The number of rotatable bonds is 5. The maximum atomic E-state index is 11.9. The van der Waals surface area contributed by atoms with E-state index in [0.717, 1.165) is 17.7 Å². The molecule has 21 heavy (non-hydrogen) atoms. The predicted molar refractivity (Wildman–Crippen MR) is 83.7 cm³/mol. The molecule has 114 valence electrons. The van der Waals surface area contributed by atoms with Crippen molar-refractivity contribution in [3.63, 3.8) is 0 Å². The number of carboxylic acid groups (broad SMARTS) is 1. The third-order valence-corrected chi connectivity index (χ3v) is 5.10. The number of hydrogen-bond acceptors (Lipinski definition) is 3. The SMILES string of the molecule is O=C(CSc1ccccc1Cl)NC1CCCC(C(=O)O)C1. The molecule has 0 saturated heterocycles. The van der Waals surface area contributed by atoms with Gasteiger partial charge in [0.05, 0.1) is 16.7 Å². The van der Waals surface area contributed by atoms with Gasteiger partial charge in [-0.15, -0.1) is 11.8 Å². The number of halogens is 1. The molecule has 4 nitrogen and oxygen atoms in total. The largest absolute Gasteiger partial charge is 0.481 e. The maximum absolute atomic E-state index is 11.9. The standard InChI is InChI=1S/C15H18ClNO3S/c16-12-6-1-2-7-13(12)21-9-14(18)17-11-5-3-4-10(8-11)15(19)20/h1-2,6-7,10-11H,3-5,8-9H2,(H,17,18)(H,19,20). The molecule has 1 aromatic carbocycles. The summed E-state index contributed by atoms with van der Waals surface area (Å²) in [7, 11) is 0. The lowest BCUT2D eigenvalue weighted by molar-refractivity contribution is -0.143. The Labute approximate surface area is 133 Å². The highest BCUT2D eigenvalue weighted by Crippen LogP contribution is 2.27. The Morgan fingerprint density at radius 3 is 2.81 bits per heavy atom. The molecule has 1 aromatic rings. The molecule has 0 spiro atoms. The minimum atomic E-state index is -0.764. The zero-order valence-corrected chi connectivity index (χ0v) is 13.1. The molecule has 1 aliphatic carbocycles. The molecular weight excluding hydrogens is 310 g/mol. The molecule has 1 amide bonds. The summed E-state index contributed by atoms with van der Waals surface area (Å²) >= 11 is 7.43. The number of carboxylic acids is 1. The molecule has 2 unspecified atom stereocenters. The molecule has 6 heteroatoms. The fraction of sp³-hybridized carbons (Fsp3) is 0.467. The molecular formula is C15H18ClNO3S. The van der Waals surface area contributed by atoms with E-state index in [4.69, 9.17) is 16.7 Å². The Morgan fingerprint density at radius 1 is 1.33 bits per heavy atom. The molecule has 0 aromatic heterocycles. The minimum absolute atomic E-state index is 0.0285. The van der Waals surface area contributed by atoms with Gasteiger partial charge in [-0.1, -0.05) is 30.2 Å². The number of amides is 1. The number of aliphatic carboxylic acids is 1. The average molecular weight is 328 g/mol. The second-order valence-corrected chi connectivity index (χ2v) is 6.61. The van der Waals surface area contributed by atoms with Crippen LogP contribution >= 0.6 is 23.4 Å². The molecule has 1 aliphatic rings. The Bertz CT molecular complexity index is 523. The van der Waals surface area contributed by atoms with Crippen molar-refractivity contribution in [3.05, 3.63) is 29.3 Å². The Balaban J connectivity index is 1.79. The molecule has 2 N–H and O–H groups in total. The van der Waals surface area contributed by atoms with E-state index in [1.165, 1.54) is 11.8 Å². The van der Waals surface area contributed by atoms with Crippen LogP contribution in [0.2, 0.25) is 5.02 Å². The third-order valence-electron chi connectivity index (χ3n) is 3.58. The van der Waals surface area contributed by atoms with Crippen molar-refractivity contribution in [1.29, 1.82) is 0 Å². The number of nitrogens with one attached hydrogen (secondary N) is 1. The number of thioether (sulfide) groups is 1. The van der Waals surface area contributed by atoms with Gasteiger partial charge in [-0.3, -0.25) is 9.59 Å². The highest BCUT2D eigenvalue weighted by Gasteiger charge is 2.27. The first kappa shape index (κ1) is 16.2. The summed E-state index contributed by atoms with van der Waals surface area (Å²) in [5, 5.41) is 12.6. The van der Waals surface area contributed by atoms with Gasteiger partial charge in [0, 0.05) is 10.9 Å². The van der Waals surface area contributed by atoms with E-state index in [0.29, 0.717) is 17.9 Å². The highest BCUT2D eigenvalue weighted by molar-refractivity contribution is 8.00. The van der Waals surface area contributed by atoms with E-state index in [-0.39, 0.29) is 23.6 Å². The molecule has 2 atom stereocenters. The van der Waals surface area contributed by atoms with Crippen LogP contribution in [0.1, 0.15) is 25.7 Å².